The van der Waals surface area contributed by atoms with Gasteiger partial charge in [0.25, 0.3) is 0 Å². The normalized spacial score (nSPS) is 30.1. The summed E-state index contributed by atoms with van der Waals surface area (Å²) >= 11 is 0. The summed E-state index contributed by atoms with van der Waals surface area (Å²) in [6.07, 6.45) is 6.50. The quantitative estimate of drug-likeness (QED) is 0.892. The van der Waals surface area contributed by atoms with Gasteiger partial charge < -0.3 is 10.6 Å². The zero-order valence-electron chi connectivity index (χ0n) is 12.9. The largest absolute Gasteiger partial charge is 0.368 e. The molecule has 3 atom stereocenters. The highest BCUT2D eigenvalue weighted by Crippen LogP contribution is 2.37. The molecular formula is C18H28N2. The zero-order valence-corrected chi connectivity index (χ0v) is 12.9. The topological polar surface area (TPSA) is 29.3 Å². The van der Waals surface area contributed by atoms with Gasteiger partial charge in [0.05, 0.1) is 0 Å². The molecule has 3 unspecified atom stereocenters. The van der Waals surface area contributed by atoms with Gasteiger partial charge in [-0.25, -0.2) is 0 Å². The smallest absolute Gasteiger partial charge is 0.0401 e. The van der Waals surface area contributed by atoms with E-state index in [1.165, 1.54) is 49.9 Å². The average molecular weight is 272 g/mol. The molecule has 0 amide bonds. The number of nitrogens with zero attached hydrogens (tertiary/aromatic N) is 1. The van der Waals surface area contributed by atoms with Crippen molar-refractivity contribution in [1.82, 2.24) is 0 Å². The van der Waals surface area contributed by atoms with Crippen LogP contribution in [0.15, 0.2) is 18.2 Å². The lowest BCUT2D eigenvalue weighted by molar-refractivity contribution is 0.241. The minimum Gasteiger partial charge on any atom is -0.368 e. The van der Waals surface area contributed by atoms with Crippen LogP contribution in [0.5, 0.6) is 0 Å². The molecule has 1 aromatic carbocycles. The van der Waals surface area contributed by atoms with E-state index in [-0.39, 0.29) is 0 Å². The maximum Gasteiger partial charge on any atom is 0.0401 e. The SMILES string of the molecule is Cc1ccc2c(c1)CCCN2C1CC(C)CCC1CN. The van der Waals surface area contributed by atoms with Gasteiger partial charge in [0.2, 0.25) is 0 Å². The van der Waals surface area contributed by atoms with Crippen molar-refractivity contribution in [1.29, 1.82) is 0 Å². The van der Waals surface area contributed by atoms with Crippen LogP contribution in [0.25, 0.3) is 0 Å². The summed E-state index contributed by atoms with van der Waals surface area (Å²) in [5, 5.41) is 0. The van der Waals surface area contributed by atoms with Gasteiger partial charge in [-0.3, -0.25) is 0 Å². The summed E-state index contributed by atoms with van der Waals surface area (Å²) < 4.78 is 0. The number of benzene rings is 1. The van der Waals surface area contributed by atoms with E-state index in [0.29, 0.717) is 12.0 Å². The van der Waals surface area contributed by atoms with E-state index in [4.69, 9.17) is 5.73 Å². The van der Waals surface area contributed by atoms with Crippen molar-refractivity contribution >= 4 is 5.69 Å². The third-order valence-corrected chi connectivity index (χ3v) is 5.31. The molecule has 1 aliphatic carbocycles. The van der Waals surface area contributed by atoms with Crippen LogP contribution < -0.4 is 10.6 Å². The number of aryl methyl sites for hydroxylation is 2. The molecule has 0 bridgehead atoms. The lowest BCUT2D eigenvalue weighted by Gasteiger charge is -2.45. The van der Waals surface area contributed by atoms with E-state index in [9.17, 15) is 0 Å². The van der Waals surface area contributed by atoms with Gasteiger partial charge in [0, 0.05) is 18.3 Å². The summed E-state index contributed by atoms with van der Waals surface area (Å²) in [6.45, 7) is 6.66. The van der Waals surface area contributed by atoms with Crippen LogP contribution in [0.3, 0.4) is 0 Å². The average Bonchev–Trinajstić information content (AvgIpc) is 2.46. The summed E-state index contributed by atoms with van der Waals surface area (Å²) in [5.74, 6) is 1.53. The van der Waals surface area contributed by atoms with Gasteiger partial charge in [0.1, 0.15) is 0 Å². The van der Waals surface area contributed by atoms with Crippen LogP contribution in [0.4, 0.5) is 5.69 Å². The second kappa shape index (κ2) is 5.77. The van der Waals surface area contributed by atoms with Gasteiger partial charge in [0.15, 0.2) is 0 Å². The van der Waals surface area contributed by atoms with Crippen LogP contribution >= 0.6 is 0 Å². The number of hydrogen-bond acceptors (Lipinski definition) is 2. The standard InChI is InChI=1S/C18H28N2/c1-13-6-8-17-15(10-13)4-3-9-20(17)18-11-14(2)5-7-16(18)12-19/h6,8,10,14,16,18H,3-5,7,9,11-12,19H2,1-2H3. The van der Waals surface area contributed by atoms with Crippen molar-refractivity contribution in [3.8, 4) is 0 Å². The molecule has 0 spiro atoms. The molecule has 0 saturated heterocycles. The fourth-order valence-electron chi connectivity index (χ4n) is 4.17. The molecular weight excluding hydrogens is 244 g/mol. The Morgan fingerprint density at radius 3 is 2.95 bits per heavy atom. The van der Waals surface area contributed by atoms with E-state index in [1.54, 1.807) is 5.56 Å². The van der Waals surface area contributed by atoms with Gasteiger partial charge >= 0.3 is 0 Å². The molecule has 0 aromatic heterocycles. The van der Waals surface area contributed by atoms with Crippen molar-refractivity contribution in [2.45, 2.75) is 52.0 Å². The third kappa shape index (κ3) is 2.58. The van der Waals surface area contributed by atoms with E-state index in [2.05, 4.69) is 36.9 Å². The third-order valence-electron chi connectivity index (χ3n) is 5.31. The summed E-state index contributed by atoms with van der Waals surface area (Å²) in [4.78, 5) is 2.69. The lowest BCUT2D eigenvalue weighted by Crippen LogP contribution is -2.48. The van der Waals surface area contributed by atoms with Crippen molar-refractivity contribution in [2.24, 2.45) is 17.6 Å². The minimum absolute atomic E-state index is 0.658. The Kier molecular flexibility index (Phi) is 4.02. The molecule has 2 heteroatoms. The van der Waals surface area contributed by atoms with Gasteiger partial charge in [-0.05, 0) is 62.6 Å². The Morgan fingerprint density at radius 1 is 1.30 bits per heavy atom. The molecule has 20 heavy (non-hydrogen) atoms. The predicted octanol–water partition coefficient (Wildman–Crippen LogP) is 3.51. The Hall–Kier alpha value is -1.02. The molecule has 1 aliphatic heterocycles. The maximum absolute atomic E-state index is 6.06. The molecule has 3 rings (SSSR count). The first-order valence-electron chi connectivity index (χ1n) is 8.25. The Labute approximate surface area is 123 Å². The Morgan fingerprint density at radius 2 is 2.15 bits per heavy atom. The molecule has 2 aliphatic rings. The van der Waals surface area contributed by atoms with E-state index in [1.807, 2.05) is 0 Å². The zero-order chi connectivity index (χ0) is 14.1. The second-order valence-corrected chi connectivity index (χ2v) is 6.91. The van der Waals surface area contributed by atoms with Crippen molar-refractivity contribution in [3.63, 3.8) is 0 Å². The van der Waals surface area contributed by atoms with Crippen LogP contribution in [-0.2, 0) is 6.42 Å². The monoisotopic (exact) mass is 272 g/mol. The molecule has 1 aromatic rings. The van der Waals surface area contributed by atoms with E-state index in [0.717, 1.165) is 12.5 Å². The van der Waals surface area contributed by atoms with Gasteiger partial charge in [-0.1, -0.05) is 31.0 Å². The summed E-state index contributed by atoms with van der Waals surface area (Å²) in [5.41, 5.74) is 10.5. The number of hydrogen-bond donors (Lipinski definition) is 1. The molecule has 2 nitrogen and oxygen atoms in total. The molecule has 0 radical (unpaired) electrons. The highest BCUT2D eigenvalue weighted by Gasteiger charge is 2.34. The van der Waals surface area contributed by atoms with Crippen molar-refractivity contribution in [3.05, 3.63) is 29.3 Å². The van der Waals surface area contributed by atoms with Crippen LogP contribution in [0.2, 0.25) is 0 Å². The molecule has 1 saturated carbocycles. The predicted molar refractivity (Wildman–Crippen MR) is 86.2 cm³/mol. The first kappa shape index (κ1) is 13.9. The van der Waals surface area contributed by atoms with Gasteiger partial charge in [-0.2, -0.15) is 0 Å². The highest BCUT2D eigenvalue weighted by molar-refractivity contribution is 5.57. The second-order valence-electron chi connectivity index (χ2n) is 6.91. The minimum atomic E-state index is 0.658. The van der Waals surface area contributed by atoms with E-state index >= 15 is 0 Å². The molecule has 1 fully saturated rings. The number of anilines is 1. The highest BCUT2D eigenvalue weighted by atomic mass is 15.2. The molecule has 110 valence electrons. The number of fused-ring (bicyclic) bond motifs is 1. The van der Waals surface area contributed by atoms with Crippen molar-refractivity contribution in [2.75, 3.05) is 18.0 Å². The fourth-order valence-corrected chi connectivity index (χ4v) is 4.17. The van der Waals surface area contributed by atoms with E-state index < -0.39 is 0 Å². The van der Waals surface area contributed by atoms with Crippen LogP contribution in [0, 0.1) is 18.8 Å². The Bertz CT molecular complexity index is 468. The summed E-state index contributed by atoms with van der Waals surface area (Å²) in [7, 11) is 0. The lowest BCUT2D eigenvalue weighted by atomic mass is 9.77. The summed E-state index contributed by atoms with van der Waals surface area (Å²) in [6, 6.07) is 7.65. The molecule has 1 heterocycles. The maximum atomic E-state index is 6.06. The van der Waals surface area contributed by atoms with Crippen molar-refractivity contribution < 1.29 is 0 Å². The molecule has 2 N–H and O–H groups in total. The van der Waals surface area contributed by atoms with Crippen LogP contribution in [0.1, 0.15) is 43.7 Å². The number of rotatable bonds is 2. The Balaban J connectivity index is 1.90. The first-order valence-corrected chi connectivity index (χ1v) is 8.25. The van der Waals surface area contributed by atoms with Gasteiger partial charge in [-0.15, -0.1) is 0 Å². The fraction of sp³-hybridized carbons (Fsp3) is 0.667. The van der Waals surface area contributed by atoms with Crippen LogP contribution in [-0.4, -0.2) is 19.1 Å². The first-order chi connectivity index (χ1) is 9.69. The number of nitrogens with two attached hydrogens (primary N) is 1.